The number of benzene rings is 1. The molecule has 1 amide bonds. The zero-order valence-electron chi connectivity index (χ0n) is 14.3. The van der Waals surface area contributed by atoms with E-state index in [1.165, 1.54) is 37.1 Å². The Balaban J connectivity index is 2.17. The van der Waals surface area contributed by atoms with Crippen LogP contribution in [0.5, 0.6) is 0 Å². The molecule has 0 radical (unpaired) electrons. The van der Waals surface area contributed by atoms with Gasteiger partial charge >= 0.3 is 0 Å². The van der Waals surface area contributed by atoms with Crippen LogP contribution in [0.25, 0.3) is 0 Å². The first-order valence-electron chi connectivity index (χ1n) is 8.69. The van der Waals surface area contributed by atoms with E-state index in [0.717, 1.165) is 29.5 Å². The van der Waals surface area contributed by atoms with E-state index in [2.05, 4.69) is 13.0 Å². The van der Waals surface area contributed by atoms with E-state index >= 15 is 0 Å². The Hall–Kier alpha value is -1.35. The molecule has 3 heteroatoms. The fourth-order valence-corrected chi connectivity index (χ4v) is 3.81. The molecule has 2 rings (SSSR count). The molecule has 0 aromatic heterocycles. The van der Waals surface area contributed by atoms with Crippen molar-refractivity contribution in [3.05, 3.63) is 34.9 Å². The standard InChI is InChI=1S/C19H30N2O/c1-4-8-18(16-9-6-5-7-10-16)21(20)19(22)17-12-14(2)11-15(3)13-17/h11-13,16,18H,4-10,20H2,1-3H3/t18-/m0/s1. The summed E-state index contributed by atoms with van der Waals surface area (Å²) in [6.07, 6.45) is 8.35. The minimum absolute atomic E-state index is 0.0316. The predicted molar refractivity (Wildman–Crippen MR) is 91.5 cm³/mol. The molecular formula is C19H30N2O. The molecule has 0 saturated heterocycles. The van der Waals surface area contributed by atoms with Gasteiger partial charge in [-0.3, -0.25) is 9.80 Å². The summed E-state index contributed by atoms with van der Waals surface area (Å²) in [6, 6.07) is 6.15. The average molecular weight is 302 g/mol. The fraction of sp³-hybridized carbons (Fsp3) is 0.632. The Bertz CT molecular complexity index is 486. The maximum absolute atomic E-state index is 12.8. The number of nitrogens with zero attached hydrogens (tertiary/aromatic N) is 1. The third-order valence-corrected chi connectivity index (χ3v) is 4.84. The second-order valence-corrected chi connectivity index (χ2v) is 6.84. The lowest BCUT2D eigenvalue weighted by atomic mass is 9.82. The normalized spacial score (nSPS) is 17.3. The molecule has 122 valence electrons. The molecule has 0 aliphatic heterocycles. The number of amides is 1. The van der Waals surface area contributed by atoms with Crippen LogP contribution in [0.4, 0.5) is 0 Å². The van der Waals surface area contributed by atoms with Crippen molar-refractivity contribution in [3.63, 3.8) is 0 Å². The van der Waals surface area contributed by atoms with Crippen LogP contribution < -0.4 is 5.84 Å². The number of rotatable bonds is 5. The van der Waals surface area contributed by atoms with Crippen molar-refractivity contribution in [1.29, 1.82) is 0 Å². The lowest BCUT2D eigenvalue weighted by Gasteiger charge is -2.36. The molecule has 1 fully saturated rings. The van der Waals surface area contributed by atoms with Gasteiger partial charge in [0.25, 0.3) is 5.91 Å². The van der Waals surface area contributed by atoms with E-state index in [1.54, 1.807) is 0 Å². The van der Waals surface area contributed by atoms with Crippen molar-refractivity contribution < 1.29 is 4.79 Å². The molecule has 1 aliphatic carbocycles. The molecule has 3 nitrogen and oxygen atoms in total. The van der Waals surface area contributed by atoms with Crippen LogP contribution >= 0.6 is 0 Å². The van der Waals surface area contributed by atoms with Gasteiger partial charge in [-0.1, -0.05) is 49.8 Å². The largest absolute Gasteiger partial charge is 0.273 e. The first kappa shape index (κ1) is 17.0. The van der Waals surface area contributed by atoms with Crippen LogP contribution in [0.15, 0.2) is 18.2 Å². The fourth-order valence-electron chi connectivity index (χ4n) is 3.81. The van der Waals surface area contributed by atoms with Gasteiger partial charge in [-0.2, -0.15) is 0 Å². The summed E-state index contributed by atoms with van der Waals surface area (Å²) in [5, 5.41) is 1.54. The average Bonchev–Trinajstić information content (AvgIpc) is 2.51. The van der Waals surface area contributed by atoms with Crippen molar-refractivity contribution in [1.82, 2.24) is 5.01 Å². The third kappa shape index (κ3) is 4.10. The quantitative estimate of drug-likeness (QED) is 0.499. The Kier molecular flexibility index (Phi) is 6.01. The van der Waals surface area contributed by atoms with Crippen LogP contribution in [-0.4, -0.2) is 17.0 Å². The van der Waals surface area contributed by atoms with Crippen molar-refractivity contribution in [2.24, 2.45) is 11.8 Å². The number of hydrogen-bond donors (Lipinski definition) is 1. The van der Waals surface area contributed by atoms with Gasteiger partial charge in [-0.25, -0.2) is 5.84 Å². The highest BCUT2D eigenvalue weighted by Gasteiger charge is 2.30. The van der Waals surface area contributed by atoms with Crippen LogP contribution in [0, 0.1) is 19.8 Å². The monoisotopic (exact) mass is 302 g/mol. The molecule has 0 heterocycles. The van der Waals surface area contributed by atoms with E-state index in [4.69, 9.17) is 5.84 Å². The van der Waals surface area contributed by atoms with Crippen molar-refractivity contribution in [2.75, 3.05) is 0 Å². The molecule has 22 heavy (non-hydrogen) atoms. The molecule has 1 aromatic carbocycles. The summed E-state index contributed by atoms with van der Waals surface area (Å²) >= 11 is 0. The Morgan fingerprint density at radius 1 is 1.18 bits per heavy atom. The maximum atomic E-state index is 12.8. The molecule has 1 saturated carbocycles. The minimum atomic E-state index is -0.0316. The van der Waals surface area contributed by atoms with Gasteiger partial charge in [0.2, 0.25) is 0 Å². The first-order valence-corrected chi connectivity index (χ1v) is 8.69. The van der Waals surface area contributed by atoms with Crippen molar-refractivity contribution >= 4 is 5.91 Å². The number of nitrogens with two attached hydrogens (primary N) is 1. The predicted octanol–water partition coefficient (Wildman–Crippen LogP) is 4.37. The summed E-state index contributed by atoms with van der Waals surface area (Å²) in [5.74, 6) is 6.83. The lowest BCUT2D eigenvalue weighted by Crippen LogP contribution is -2.49. The number of hydrogen-bond acceptors (Lipinski definition) is 2. The third-order valence-electron chi connectivity index (χ3n) is 4.84. The zero-order valence-corrected chi connectivity index (χ0v) is 14.3. The van der Waals surface area contributed by atoms with E-state index < -0.39 is 0 Å². The van der Waals surface area contributed by atoms with Crippen molar-refractivity contribution in [2.45, 2.75) is 71.8 Å². The Morgan fingerprint density at radius 2 is 1.77 bits per heavy atom. The van der Waals surface area contributed by atoms with Gasteiger partial charge in [-0.15, -0.1) is 0 Å². The lowest BCUT2D eigenvalue weighted by molar-refractivity contribution is 0.0548. The molecule has 0 bridgehead atoms. The van der Waals surface area contributed by atoms with Crippen LogP contribution in [-0.2, 0) is 0 Å². The molecule has 2 N–H and O–H groups in total. The van der Waals surface area contributed by atoms with E-state index in [0.29, 0.717) is 5.92 Å². The van der Waals surface area contributed by atoms with Crippen LogP contribution in [0.3, 0.4) is 0 Å². The Morgan fingerprint density at radius 3 is 2.32 bits per heavy atom. The van der Waals surface area contributed by atoms with Gasteiger partial charge in [0.15, 0.2) is 0 Å². The highest BCUT2D eigenvalue weighted by molar-refractivity contribution is 5.94. The minimum Gasteiger partial charge on any atom is -0.273 e. The van der Waals surface area contributed by atoms with Gasteiger partial charge in [0, 0.05) is 5.56 Å². The number of carbonyl (C=O) groups is 1. The molecular weight excluding hydrogens is 272 g/mol. The molecule has 1 aliphatic rings. The summed E-state index contributed by atoms with van der Waals surface area (Å²) in [6.45, 7) is 6.22. The molecule has 1 aromatic rings. The van der Waals surface area contributed by atoms with E-state index in [1.807, 2.05) is 26.0 Å². The van der Waals surface area contributed by atoms with Crippen LogP contribution in [0.2, 0.25) is 0 Å². The second kappa shape index (κ2) is 7.77. The smallest absolute Gasteiger partial charge is 0.268 e. The SMILES string of the molecule is CCC[C@@H](C1CCCCC1)N(N)C(=O)c1cc(C)cc(C)c1. The van der Waals surface area contributed by atoms with Crippen LogP contribution in [0.1, 0.15) is 73.4 Å². The summed E-state index contributed by atoms with van der Waals surface area (Å²) in [5.41, 5.74) is 2.94. The maximum Gasteiger partial charge on any atom is 0.268 e. The summed E-state index contributed by atoms with van der Waals surface area (Å²) < 4.78 is 0. The zero-order chi connectivity index (χ0) is 16.1. The van der Waals surface area contributed by atoms with E-state index in [-0.39, 0.29) is 11.9 Å². The van der Waals surface area contributed by atoms with Crippen molar-refractivity contribution in [3.8, 4) is 0 Å². The Labute approximate surface area is 134 Å². The summed E-state index contributed by atoms with van der Waals surface area (Å²) in [7, 11) is 0. The van der Waals surface area contributed by atoms with Gasteiger partial charge in [0.05, 0.1) is 6.04 Å². The number of carbonyl (C=O) groups excluding carboxylic acids is 1. The molecule has 1 atom stereocenters. The highest BCUT2D eigenvalue weighted by atomic mass is 16.2. The number of aryl methyl sites for hydroxylation is 2. The molecule has 0 unspecified atom stereocenters. The van der Waals surface area contributed by atoms with Gasteiger partial charge in [0.1, 0.15) is 0 Å². The topological polar surface area (TPSA) is 46.3 Å². The highest BCUT2D eigenvalue weighted by Crippen LogP contribution is 2.31. The number of hydrazine groups is 1. The summed E-state index contributed by atoms with van der Waals surface area (Å²) in [4.78, 5) is 12.8. The van der Waals surface area contributed by atoms with E-state index in [9.17, 15) is 4.79 Å². The first-order chi connectivity index (χ1) is 10.5. The second-order valence-electron chi connectivity index (χ2n) is 6.84. The van der Waals surface area contributed by atoms with Gasteiger partial charge < -0.3 is 0 Å². The molecule has 0 spiro atoms. The van der Waals surface area contributed by atoms with Gasteiger partial charge in [-0.05, 0) is 51.2 Å².